The largest absolute Gasteiger partial charge is 0.492 e. The van der Waals surface area contributed by atoms with E-state index in [1.807, 2.05) is 6.92 Å². The number of nitrogens with zero attached hydrogens (tertiary/aromatic N) is 3. The summed E-state index contributed by atoms with van der Waals surface area (Å²) in [5.74, 6) is 0.663. The molecule has 1 aromatic heterocycles. The molecular weight excluding hydrogens is 310 g/mol. The van der Waals surface area contributed by atoms with E-state index in [1.165, 1.54) is 0 Å². The normalized spacial score (nSPS) is 10.4. The maximum atomic E-state index is 12.3. The van der Waals surface area contributed by atoms with Crippen LogP contribution in [0.5, 0.6) is 5.75 Å². The van der Waals surface area contributed by atoms with Gasteiger partial charge in [-0.3, -0.25) is 4.79 Å². The molecule has 0 atom stereocenters. The molecule has 1 aromatic carbocycles. The Morgan fingerprint density at radius 2 is 2.10 bits per heavy atom. The van der Waals surface area contributed by atoms with Crippen LogP contribution in [0.3, 0.4) is 0 Å². The van der Waals surface area contributed by atoms with E-state index in [1.54, 1.807) is 36.2 Å². The summed E-state index contributed by atoms with van der Waals surface area (Å²) in [6, 6.07) is 7.13. The van der Waals surface area contributed by atoms with E-state index < -0.39 is 0 Å². The lowest BCUT2D eigenvalue weighted by Crippen LogP contribution is -2.30. The quantitative estimate of drug-likeness (QED) is 0.819. The minimum absolute atomic E-state index is 0.0680. The summed E-state index contributed by atoms with van der Waals surface area (Å²) in [6.45, 7) is 2.86. The van der Waals surface area contributed by atoms with E-state index in [0.717, 1.165) is 23.0 Å². The average Bonchev–Trinajstić information content (AvgIpc) is 2.96. The number of amides is 1. The fourth-order valence-electron chi connectivity index (χ4n) is 1.71. The number of rotatable bonds is 6. The summed E-state index contributed by atoms with van der Waals surface area (Å²) in [7, 11) is 1.74. The van der Waals surface area contributed by atoms with Gasteiger partial charge in [0, 0.05) is 12.1 Å². The summed E-state index contributed by atoms with van der Waals surface area (Å²) in [5.41, 5.74) is 0.746. The Balaban J connectivity index is 1.85. The van der Waals surface area contributed by atoms with Gasteiger partial charge in [-0.1, -0.05) is 23.0 Å². The van der Waals surface area contributed by atoms with Gasteiger partial charge in [0.2, 0.25) is 0 Å². The van der Waals surface area contributed by atoms with Gasteiger partial charge in [-0.2, -0.15) is 0 Å². The van der Waals surface area contributed by atoms with Crippen molar-refractivity contribution < 1.29 is 9.53 Å². The van der Waals surface area contributed by atoms with Crippen molar-refractivity contribution in [3.8, 4) is 5.75 Å². The highest BCUT2D eigenvalue weighted by Gasteiger charge is 2.18. The first kappa shape index (κ1) is 15.7. The van der Waals surface area contributed by atoms with Crippen LogP contribution in [0.25, 0.3) is 0 Å². The molecule has 0 unspecified atom stereocenters. The van der Waals surface area contributed by atoms with E-state index in [2.05, 4.69) is 9.59 Å². The summed E-state index contributed by atoms with van der Waals surface area (Å²) in [5, 5.41) is 4.62. The lowest BCUT2D eigenvalue weighted by atomic mass is 10.3. The topological polar surface area (TPSA) is 55.3 Å². The van der Waals surface area contributed by atoms with E-state index in [4.69, 9.17) is 16.3 Å². The number of hydrogen-bond donors (Lipinski definition) is 0. The molecule has 0 radical (unpaired) electrons. The number of carbonyl (C=O) groups is 1. The van der Waals surface area contributed by atoms with Crippen molar-refractivity contribution in [2.75, 3.05) is 20.2 Å². The predicted octanol–water partition coefficient (Wildman–Crippen LogP) is 2.90. The van der Waals surface area contributed by atoms with Crippen molar-refractivity contribution in [3.05, 3.63) is 39.9 Å². The van der Waals surface area contributed by atoms with E-state index in [9.17, 15) is 4.79 Å². The van der Waals surface area contributed by atoms with Crippen LogP contribution in [0, 0.1) is 0 Å². The van der Waals surface area contributed by atoms with Gasteiger partial charge in [0.25, 0.3) is 5.91 Å². The molecule has 0 bridgehead atoms. The zero-order chi connectivity index (χ0) is 15.2. The predicted molar refractivity (Wildman–Crippen MR) is 83.2 cm³/mol. The highest BCUT2D eigenvalue weighted by molar-refractivity contribution is 7.07. The second-order valence-electron chi connectivity index (χ2n) is 4.43. The highest BCUT2D eigenvalue weighted by atomic mass is 35.5. The number of aromatic nitrogens is 2. The van der Waals surface area contributed by atoms with Crippen LogP contribution < -0.4 is 4.74 Å². The molecule has 0 aliphatic rings. The number of ether oxygens (including phenoxy) is 1. The van der Waals surface area contributed by atoms with Crippen LogP contribution in [0.1, 0.15) is 22.3 Å². The third kappa shape index (κ3) is 4.15. The Hall–Kier alpha value is -1.66. The number of halogens is 1. The number of benzene rings is 1. The van der Waals surface area contributed by atoms with Gasteiger partial charge in [-0.15, -0.1) is 5.10 Å². The fraction of sp³-hybridized carbons (Fsp3) is 0.357. The Labute approximate surface area is 132 Å². The molecule has 112 valence electrons. The van der Waals surface area contributed by atoms with E-state index >= 15 is 0 Å². The number of aryl methyl sites for hydroxylation is 1. The first-order valence-corrected chi connectivity index (χ1v) is 7.72. The maximum absolute atomic E-state index is 12.3. The van der Waals surface area contributed by atoms with Crippen LogP contribution in [0.15, 0.2) is 24.3 Å². The van der Waals surface area contributed by atoms with Crippen LogP contribution in [-0.2, 0) is 6.42 Å². The summed E-state index contributed by atoms with van der Waals surface area (Å²) >= 11 is 6.94. The van der Waals surface area contributed by atoms with Crippen molar-refractivity contribution in [2.45, 2.75) is 13.3 Å². The van der Waals surface area contributed by atoms with Crippen molar-refractivity contribution >= 4 is 29.0 Å². The van der Waals surface area contributed by atoms with E-state index in [-0.39, 0.29) is 5.91 Å². The Kier molecular flexibility index (Phi) is 5.52. The van der Waals surface area contributed by atoms with Crippen molar-refractivity contribution in [1.82, 2.24) is 14.5 Å². The molecule has 0 saturated carbocycles. The molecule has 1 amide bonds. The summed E-state index contributed by atoms with van der Waals surface area (Å²) in [4.78, 5) is 14.5. The minimum atomic E-state index is -0.0680. The second kappa shape index (κ2) is 7.38. The van der Waals surface area contributed by atoms with Crippen molar-refractivity contribution in [3.63, 3.8) is 0 Å². The van der Waals surface area contributed by atoms with Gasteiger partial charge < -0.3 is 9.64 Å². The zero-order valence-electron chi connectivity index (χ0n) is 11.9. The first-order valence-electron chi connectivity index (χ1n) is 6.57. The molecule has 2 aromatic rings. The van der Waals surface area contributed by atoms with Gasteiger partial charge in [0.15, 0.2) is 0 Å². The van der Waals surface area contributed by atoms with Crippen LogP contribution in [-0.4, -0.2) is 40.6 Å². The second-order valence-corrected chi connectivity index (χ2v) is 5.62. The molecule has 0 fully saturated rings. The number of likely N-dealkylation sites (N-methyl/N-ethyl adjacent to an activating group) is 1. The van der Waals surface area contributed by atoms with Crippen LogP contribution >= 0.6 is 23.1 Å². The third-order valence-electron chi connectivity index (χ3n) is 2.94. The van der Waals surface area contributed by atoms with E-state index in [0.29, 0.717) is 29.5 Å². The molecule has 7 heteroatoms. The summed E-state index contributed by atoms with van der Waals surface area (Å²) < 4.78 is 9.41. The molecule has 1 heterocycles. The van der Waals surface area contributed by atoms with Crippen molar-refractivity contribution in [2.24, 2.45) is 0 Å². The summed E-state index contributed by atoms with van der Waals surface area (Å²) in [6.07, 6.45) is 0.701. The van der Waals surface area contributed by atoms with Gasteiger partial charge >= 0.3 is 0 Å². The lowest BCUT2D eigenvalue weighted by Gasteiger charge is -2.16. The standard InChI is InChI=1S/C14H16ClN3O2S/c1-3-12-13(21-17-16-12)14(19)18(2)8-9-20-11-6-4-10(15)5-7-11/h4-7H,3,8-9H2,1-2H3. The molecule has 2 rings (SSSR count). The first-order chi connectivity index (χ1) is 10.1. The molecule has 0 saturated heterocycles. The molecule has 0 spiro atoms. The highest BCUT2D eigenvalue weighted by Crippen LogP contribution is 2.16. The Morgan fingerprint density at radius 3 is 2.76 bits per heavy atom. The number of carbonyl (C=O) groups excluding carboxylic acids is 1. The fourth-order valence-corrected chi connectivity index (χ4v) is 2.58. The smallest absolute Gasteiger partial charge is 0.267 e. The number of hydrogen-bond acceptors (Lipinski definition) is 5. The van der Waals surface area contributed by atoms with Crippen LogP contribution in [0.2, 0.25) is 5.02 Å². The lowest BCUT2D eigenvalue weighted by molar-refractivity contribution is 0.0777. The van der Waals surface area contributed by atoms with Gasteiger partial charge in [0.1, 0.15) is 17.2 Å². The zero-order valence-corrected chi connectivity index (χ0v) is 13.4. The van der Waals surface area contributed by atoms with Gasteiger partial charge in [0.05, 0.1) is 12.2 Å². The Bertz CT molecular complexity index is 601. The van der Waals surface area contributed by atoms with Crippen molar-refractivity contribution in [1.29, 1.82) is 0 Å². The molecular formula is C14H16ClN3O2S. The van der Waals surface area contributed by atoms with Gasteiger partial charge in [-0.25, -0.2) is 0 Å². The molecule has 0 N–H and O–H groups in total. The average molecular weight is 326 g/mol. The maximum Gasteiger partial charge on any atom is 0.267 e. The molecule has 0 aliphatic heterocycles. The monoisotopic (exact) mass is 325 g/mol. The molecule has 5 nitrogen and oxygen atoms in total. The third-order valence-corrected chi connectivity index (χ3v) is 3.95. The minimum Gasteiger partial charge on any atom is -0.492 e. The van der Waals surface area contributed by atoms with Gasteiger partial charge in [-0.05, 0) is 42.2 Å². The molecule has 21 heavy (non-hydrogen) atoms. The SMILES string of the molecule is CCc1nnsc1C(=O)N(C)CCOc1ccc(Cl)cc1. The Morgan fingerprint density at radius 1 is 1.38 bits per heavy atom. The van der Waals surface area contributed by atoms with Crippen LogP contribution in [0.4, 0.5) is 0 Å². The molecule has 0 aliphatic carbocycles.